The second-order valence-corrected chi connectivity index (χ2v) is 5.45. The van der Waals surface area contributed by atoms with Gasteiger partial charge in [-0.25, -0.2) is 0 Å². The number of nitrogens with one attached hydrogen (secondary N) is 1. The highest BCUT2D eigenvalue weighted by Crippen LogP contribution is 2.31. The number of halogens is 2. The van der Waals surface area contributed by atoms with Crippen LogP contribution in [0.1, 0.15) is 5.76 Å². The van der Waals surface area contributed by atoms with Gasteiger partial charge < -0.3 is 9.73 Å². The first-order valence-corrected chi connectivity index (χ1v) is 7.31. The van der Waals surface area contributed by atoms with Crippen LogP contribution in [-0.4, -0.2) is 0 Å². The molecule has 0 bridgehead atoms. The Morgan fingerprint density at radius 1 is 0.905 bits per heavy atom. The molecule has 1 heterocycles. The fraction of sp³-hybridized carbons (Fsp3) is 0.0588. The molecule has 0 aliphatic carbocycles. The van der Waals surface area contributed by atoms with Crippen LogP contribution in [0, 0.1) is 0 Å². The molecular weight excluding hydrogens is 305 g/mol. The molecule has 0 radical (unpaired) electrons. The molecule has 3 rings (SSSR count). The summed E-state index contributed by atoms with van der Waals surface area (Å²) in [6, 6.07) is 19.1. The van der Waals surface area contributed by atoms with Gasteiger partial charge in [0, 0.05) is 16.3 Å². The van der Waals surface area contributed by atoms with Crippen molar-refractivity contribution in [2.75, 3.05) is 5.32 Å². The van der Waals surface area contributed by atoms with E-state index < -0.39 is 0 Å². The molecule has 0 unspecified atom stereocenters. The van der Waals surface area contributed by atoms with Crippen LogP contribution >= 0.6 is 23.2 Å². The Morgan fingerprint density at radius 2 is 1.71 bits per heavy atom. The van der Waals surface area contributed by atoms with E-state index in [9.17, 15) is 0 Å². The Hall–Kier alpha value is -1.90. The smallest absolute Gasteiger partial charge is 0.135 e. The molecule has 0 saturated carbocycles. The molecular formula is C17H13Cl2NO. The van der Waals surface area contributed by atoms with Crippen molar-refractivity contribution in [1.82, 2.24) is 0 Å². The molecule has 21 heavy (non-hydrogen) atoms. The average Bonchev–Trinajstić information content (AvgIpc) is 2.97. The lowest BCUT2D eigenvalue weighted by atomic mass is 10.2. The van der Waals surface area contributed by atoms with Gasteiger partial charge in [-0.2, -0.15) is 0 Å². The Kier molecular flexibility index (Phi) is 4.18. The monoisotopic (exact) mass is 317 g/mol. The highest BCUT2D eigenvalue weighted by atomic mass is 35.5. The van der Waals surface area contributed by atoms with Crippen molar-refractivity contribution in [3.63, 3.8) is 0 Å². The van der Waals surface area contributed by atoms with Crippen LogP contribution in [0.3, 0.4) is 0 Å². The third-order valence-corrected chi connectivity index (χ3v) is 3.66. The fourth-order valence-corrected chi connectivity index (χ4v) is 2.43. The van der Waals surface area contributed by atoms with Gasteiger partial charge in [-0.1, -0.05) is 41.4 Å². The first-order valence-electron chi connectivity index (χ1n) is 6.55. The summed E-state index contributed by atoms with van der Waals surface area (Å²) in [6.07, 6.45) is 0. The maximum absolute atomic E-state index is 6.18. The van der Waals surface area contributed by atoms with Gasteiger partial charge >= 0.3 is 0 Å². The summed E-state index contributed by atoms with van der Waals surface area (Å²) in [5, 5.41) is 4.55. The van der Waals surface area contributed by atoms with Gasteiger partial charge in [0.15, 0.2) is 0 Å². The number of benzene rings is 2. The number of furan rings is 1. The molecule has 106 valence electrons. The SMILES string of the molecule is Clc1ccc(Cl)c(-c2ccc(CNc3ccccc3)o2)c1. The Morgan fingerprint density at radius 3 is 2.52 bits per heavy atom. The first-order chi connectivity index (χ1) is 10.2. The van der Waals surface area contributed by atoms with E-state index in [1.165, 1.54) is 0 Å². The second kappa shape index (κ2) is 6.25. The third kappa shape index (κ3) is 3.41. The molecule has 0 aliphatic heterocycles. The highest BCUT2D eigenvalue weighted by molar-refractivity contribution is 6.35. The lowest BCUT2D eigenvalue weighted by molar-refractivity contribution is 0.531. The van der Waals surface area contributed by atoms with E-state index in [0.717, 1.165) is 17.0 Å². The van der Waals surface area contributed by atoms with Crippen LogP contribution < -0.4 is 5.32 Å². The Bertz CT molecular complexity index is 738. The normalized spacial score (nSPS) is 10.6. The standard InChI is InChI=1S/C17H13Cl2NO/c18-12-6-8-16(19)15(10-12)17-9-7-14(21-17)11-20-13-4-2-1-3-5-13/h1-10,20H,11H2. The summed E-state index contributed by atoms with van der Waals surface area (Å²) < 4.78 is 5.82. The van der Waals surface area contributed by atoms with Crippen LogP contribution in [0.2, 0.25) is 10.0 Å². The minimum Gasteiger partial charge on any atom is -0.459 e. The van der Waals surface area contributed by atoms with Crippen molar-refractivity contribution in [2.45, 2.75) is 6.54 Å². The summed E-state index contributed by atoms with van der Waals surface area (Å²) in [4.78, 5) is 0. The molecule has 0 atom stereocenters. The lowest BCUT2D eigenvalue weighted by Gasteiger charge is -2.04. The number of hydrogen-bond donors (Lipinski definition) is 1. The van der Waals surface area contributed by atoms with Gasteiger partial charge in [-0.3, -0.25) is 0 Å². The van der Waals surface area contributed by atoms with Crippen molar-refractivity contribution in [1.29, 1.82) is 0 Å². The molecule has 1 N–H and O–H groups in total. The zero-order valence-corrected chi connectivity index (χ0v) is 12.7. The maximum atomic E-state index is 6.18. The van der Waals surface area contributed by atoms with E-state index >= 15 is 0 Å². The van der Waals surface area contributed by atoms with E-state index in [1.807, 2.05) is 42.5 Å². The fourth-order valence-electron chi connectivity index (χ4n) is 2.05. The van der Waals surface area contributed by atoms with Crippen molar-refractivity contribution in [2.24, 2.45) is 0 Å². The van der Waals surface area contributed by atoms with Crippen molar-refractivity contribution in [3.05, 3.63) is 76.5 Å². The van der Waals surface area contributed by atoms with Crippen molar-refractivity contribution in [3.8, 4) is 11.3 Å². The minimum absolute atomic E-state index is 0.613. The molecule has 0 aliphatic rings. The molecule has 2 aromatic carbocycles. The molecule has 0 spiro atoms. The highest BCUT2D eigenvalue weighted by Gasteiger charge is 2.09. The predicted molar refractivity (Wildman–Crippen MR) is 87.9 cm³/mol. The molecule has 0 saturated heterocycles. The zero-order valence-electron chi connectivity index (χ0n) is 11.1. The van der Waals surface area contributed by atoms with Crippen LogP contribution in [-0.2, 0) is 6.54 Å². The molecule has 2 nitrogen and oxygen atoms in total. The molecule has 0 amide bonds. The molecule has 1 aromatic heterocycles. The molecule has 0 fully saturated rings. The summed E-state index contributed by atoms with van der Waals surface area (Å²) in [5.41, 5.74) is 1.85. The summed E-state index contributed by atoms with van der Waals surface area (Å²) >= 11 is 12.2. The van der Waals surface area contributed by atoms with E-state index in [2.05, 4.69) is 5.32 Å². The zero-order chi connectivity index (χ0) is 14.7. The topological polar surface area (TPSA) is 25.2 Å². The number of hydrogen-bond acceptors (Lipinski definition) is 2. The Balaban J connectivity index is 1.76. The van der Waals surface area contributed by atoms with Crippen molar-refractivity contribution >= 4 is 28.9 Å². The number of rotatable bonds is 4. The number of anilines is 1. The summed E-state index contributed by atoms with van der Waals surface area (Å²) in [6.45, 7) is 0.613. The quantitative estimate of drug-likeness (QED) is 0.651. The summed E-state index contributed by atoms with van der Waals surface area (Å²) in [5.74, 6) is 1.55. The van der Waals surface area contributed by atoms with Gasteiger partial charge in [0.1, 0.15) is 11.5 Å². The van der Waals surface area contributed by atoms with Crippen LogP contribution in [0.5, 0.6) is 0 Å². The second-order valence-electron chi connectivity index (χ2n) is 4.61. The average molecular weight is 318 g/mol. The van der Waals surface area contributed by atoms with E-state index in [4.69, 9.17) is 27.6 Å². The molecule has 4 heteroatoms. The minimum atomic E-state index is 0.613. The lowest BCUT2D eigenvalue weighted by Crippen LogP contribution is -1.97. The first kappa shape index (κ1) is 14.1. The van der Waals surface area contributed by atoms with E-state index in [0.29, 0.717) is 22.4 Å². The third-order valence-electron chi connectivity index (χ3n) is 3.10. The maximum Gasteiger partial charge on any atom is 0.135 e. The van der Waals surface area contributed by atoms with Crippen molar-refractivity contribution < 1.29 is 4.42 Å². The van der Waals surface area contributed by atoms with Crippen LogP contribution in [0.4, 0.5) is 5.69 Å². The summed E-state index contributed by atoms with van der Waals surface area (Å²) in [7, 11) is 0. The van der Waals surface area contributed by atoms with Gasteiger partial charge in [-0.15, -0.1) is 0 Å². The van der Waals surface area contributed by atoms with E-state index in [-0.39, 0.29) is 0 Å². The van der Waals surface area contributed by atoms with E-state index in [1.54, 1.807) is 18.2 Å². The largest absolute Gasteiger partial charge is 0.459 e. The van der Waals surface area contributed by atoms with Gasteiger partial charge in [0.2, 0.25) is 0 Å². The van der Waals surface area contributed by atoms with Crippen LogP contribution in [0.15, 0.2) is 65.1 Å². The number of para-hydroxylation sites is 1. The van der Waals surface area contributed by atoms with Gasteiger partial charge in [0.05, 0.1) is 11.6 Å². The predicted octanol–water partition coefficient (Wildman–Crippen LogP) is 5.87. The van der Waals surface area contributed by atoms with Gasteiger partial charge in [0.25, 0.3) is 0 Å². The van der Waals surface area contributed by atoms with Crippen LogP contribution in [0.25, 0.3) is 11.3 Å². The Labute approximate surface area is 133 Å². The van der Waals surface area contributed by atoms with Gasteiger partial charge in [-0.05, 0) is 42.5 Å². The molecule has 3 aromatic rings.